The van der Waals surface area contributed by atoms with Gasteiger partial charge in [-0.2, -0.15) is 0 Å². The van der Waals surface area contributed by atoms with E-state index in [1.54, 1.807) is 11.9 Å². The lowest BCUT2D eigenvalue weighted by Crippen LogP contribution is -2.35. The molecule has 0 saturated carbocycles. The van der Waals surface area contributed by atoms with E-state index in [9.17, 15) is 4.79 Å². The van der Waals surface area contributed by atoms with Crippen LogP contribution in [0, 0.1) is 12.8 Å². The van der Waals surface area contributed by atoms with Crippen molar-refractivity contribution in [2.45, 2.75) is 13.8 Å². The molecule has 0 bridgehead atoms. The monoisotopic (exact) mass is 328 g/mol. The lowest BCUT2D eigenvalue weighted by atomic mass is 10.1. The summed E-state index contributed by atoms with van der Waals surface area (Å²) in [4.78, 5) is 14.4. The van der Waals surface area contributed by atoms with Crippen molar-refractivity contribution in [2.75, 3.05) is 13.6 Å². The summed E-state index contributed by atoms with van der Waals surface area (Å²) in [5, 5.41) is 0. The van der Waals surface area contributed by atoms with Crippen LogP contribution in [-0.4, -0.2) is 29.4 Å². The Morgan fingerprint density at radius 3 is 2.72 bits per heavy atom. The fourth-order valence-electron chi connectivity index (χ4n) is 1.63. The standard InChI is InChI=1S/C13H17BrN2OS/c1-8(12(15)18)7-16(3)13(17)10-5-4-6-11(14)9(10)2/h4-6,8H,7H2,1-3H3,(H2,15,18). The zero-order valence-corrected chi connectivity index (χ0v) is 13.1. The number of carbonyl (C=O) groups excluding carboxylic acids is 1. The van der Waals surface area contributed by atoms with Crippen molar-refractivity contribution in [2.24, 2.45) is 11.7 Å². The maximum atomic E-state index is 12.3. The molecule has 0 aromatic heterocycles. The van der Waals surface area contributed by atoms with E-state index in [0.29, 0.717) is 17.1 Å². The van der Waals surface area contributed by atoms with E-state index in [1.807, 2.05) is 32.0 Å². The highest BCUT2D eigenvalue weighted by Gasteiger charge is 2.18. The molecule has 3 nitrogen and oxygen atoms in total. The molecule has 0 radical (unpaired) electrons. The molecule has 0 spiro atoms. The van der Waals surface area contributed by atoms with Gasteiger partial charge in [0.2, 0.25) is 0 Å². The maximum absolute atomic E-state index is 12.3. The third-order valence-electron chi connectivity index (χ3n) is 2.88. The predicted molar refractivity (Wildman–Crippen MR) is 81.8 cm³/mol. The van der Waals surface area contributed by atoms with Gasteiger partial charge in [-0.3, -0.25) is 4.79 Å². The molecule has 0 heterocycles. The van der Waals surface area contributed by atoms with E-state index in [1.165, 1.54) is 0 Å². The van der Waals surface area contributed by atoms with Crippen LogP contribution in [0.15, 0.2) is 22.7 Å². The van der Waals surface area contributed by atoms with Crippen molar-refractivity contribution >= 4 is 39.0 Å². The van der Waals surface area contributed by atoms with Crippen molar-refractivity contribution in [3.8, 4) is 0 Å². The minimum absolute atomic E-state index is 0.0152. The number of nitrogens with zero attached hydrogens (tertiary/aromatic N) is 1. The Balaban J connectivity index is 2.87. The number of rotatable bonds is 4. The number of halogens is 1. The molecule has 18 heavy (non-hydrogen) atoms. The van der Waals surface area contributed by atoms with E-state index in [4.69, 9.17) is 18.0 Å². The molecule has 1 aromatic rings. The molecule has 98 valence electrons. The van der Waals surface area contributed by atoms with Crippen molar-refractivity contribution in [3.05, 3.63) is 33.8 Å². The van der Waals surface area contributed by atoms with Gasteiger partial charge in [0.1, 0.15) is 0 Å². The summed E-state index contributed by atoms with van der Waals surface area (Å²) >= 11 is 8.34. The highest BCUT2D eigenvalue weighted by atomic mass is 79.9. The first kappa shape index (κ1) is 15.1. The predicted octanol–water partition coefficient (Wildman–Crippen LogP) is 2.75. The third-order valence-corrected chi connectivity index (χ3v) is 4.14. The molecule has 1 atom stereocenters. The lowest BCUT2D eigenvalue weighted by Gasteiger charge is -2.22. The second-order valence-electron chi connectivity index (χ2n) is 4.40. The van der Waals surface area contributed by atoms with Gasteiger partial charge in [0.15, 0.2) is 0 Å². The van der Waals surface area contributed by atoms with Gasteiger partial charge in [0.25, 0.3) is 5.91 Å². The highest BCUT2D eigenvalue weighted by molar-refractivity contribution is 9.10. The molecule has 0 saturated heterocycles. The Morgan fingerprint density at radius 2 is 2.17 bits per heavy atom. The van der Waals surface area contributed by atoms with Crippen molar-refractivity contribution in [1.29, 1.82) is 0 Å². The minimum atomic E-state index is -0.0168. The lowest BCUT2D eigenvalue weighted by molar-refractivity contribution is 0.0786. The summed E-state index contributed by atoms with van der Waals surface area (Å²) in [6, 6.07) is 5.60. The van der Waals surface area contributed by atoms with Crippen LogP contribution in [0.1, 0.15) is 22.8 Å². The number of hydrogen-bond acceptors (Lipinski definition) is 2. The van der Waals surface area contributed by atoms with Crippen molar-refractivity contribution in [3.63, 3.8) is 0 Å². The maximum Gasteiger partial charge on any atom is 0.253 e. The number of amides is 1. The molecule has 2 N–H and O–H groups in total. The molecule has 0 aliphatic heterocycles. The van der Waals surface area contributed by atoms with Crippen LogP contribution in [0.4, 0.5) is 0 Å². The summed E-state index contributed by atoms with van der Waals surface area (Å²) in [5.41, 5.74) is 7.20. The summed E-state index contributed by atoms with van der Waals surface area (Å²) < 4.78 is 0.934. The molecule has 1 amide bonds. The normalized spacial score (nSPS) is 12.0. The second kappa shape index (κ2) is 6.29. The summed E-state index contributed by atoms with van der Waals surface area (Å²) in [6.45, 7) is 4.36. The molecule has 1 unspecified atom stereocenters. The van der Waals surface area contributed by atoms with Crippen LogP contribution >= 0.6 is 28.1 Å². The number of benzene rings is 1. The fourth-order valence-corrected chi connectivity index (χ4v) is 2.07. The summed E-state index contributed by atoms with van der Waals surface area (Å²) in [7, 11) is 1.76. The van der Waals surface area contributed by atoms with E-state index in [2.05, 4.69) is 15.9 Å². The van der Waals surface area contributed by atoms with Gasteiger partial charge in [0, 0.05) is 29.5 Å². The second-order valence-corrected chi connectivity index (χ2v) is 5.73. The number of hydrogen-bond donors (Lipinski definition) is 1. The molecular formula is C13H17BrN2OS. The van der Waals surface area contributed by atoms with E-state index < -0.39 is 0 Å². The Labute approximate surface area is 121 Å². The largest absolute Gasteiger partial charge is 0.393 e. The van der Waals surface area contributed by atoms with Gasteiger partial charge in [-0.05, 0) is 24.6 Å². The Morgan fingerprint density at radius 1 is 1.56 bits per heavy atom. The smallest absolute Gasteiger partial charge is 0.253 e. The Bertz CT molecular complexity index is 476. The van der Waals surface area contributed by atoms with Crippen LogP contribution in [-0.2, 0) is 0 Å². The quantitative estimate of drug-likeness (QED) is 0.864. The Hall–Kier alpha value is -0.940. The van der Waals surface area contributed by atoms with E-state index >= 15 is 0 Å². The van der Waals surface area contributed by atoms with Crippen molar-refractivity contribution < 1.29 is 4.79 Å². The average Bonchev–Trinajstić information content (AvgIpc) is 2.31. The van der Waals surface area contributed by atoms with Crippen LogP contribution in [0.25, 0.3) is 0 Å². The van der Waals surface area contributed by atoms with Gasteiger partial charge in [-0.1, -0.05) is 41.1 Å². The highest BCUT2D eigenvalue weighted by Crippen LogP contribution is 2.20. The first-order valence-electron chi connectivity index (χ1n) is 5.64. The average molecular weight is 329 g/mol. The topological polar surface area (TPSA) is 46.3 Å². The number of carbonyl (C=O) groups is 1. The molecule has 0 fully saturated rings. The van der Waals surface area contributed by atoms with Gasteiger partial charge in [0.05, 0.1) is 4.99 Å². The fraction of sp³-hybridized carbons (Fsp3) is 0.385. The number of thiocarbonyl (C=S) groups is 1. The van der Waals surface area contributed by atoms with Gasteiger partial charge >= 0.3 is 0 Å². The molecule has 5 heteroatoms. The zero-order chi connectivity index (χ0) is 13.9. The number of nitrogens with two attached hydrogens (primary N) is 1. The first-order chi connectivity index (χ1) is 8.34. The minimum Gasteiger partial charge on any atom is -0.393 e. The molecule has 1 rings (SSSR count). The molecule has 1 aromatic carbocycles. The molecular weight excluding hydrogens is 312 g/mol. The SMILES string of the molecule is Cc1c(Br)cccc1C(=O)N(C)CC(C)C(N)=S. The van der Waals surface area contributed by atoms with Crippen LogP contribution < -0.4 is 5.73 Å². The molecule has 0 aliphatic rings. The van der Waals surface area contributed by atoms with Gasteiger partial charge in [-0.15, -0.1) is 0 Å². The summed E-state index contributed by atoms with van der Waals surface area (Å²) in [5.74, 6) is -0.00157. The molecule has 0 aliphatic carbocycles. The van der Waals surface area contributed by atoms with Crippen LogP contribution in [0.2, 0.25) is 0 Å². The van der Waals surface area contributed by atoms with Gasteiger partial charge in [-0.25, -0.2) is 0 Å². The zero-order valence-electron chi connectivity index (χ0n) is 10.7. The van der Waals surface area contributed by atoms with E-state index in [-0.39, 0.29) is 11.8 Å². The van der Waals surface area contributed by atoms with Crippen LogP contribution in [0.5, 0.6) is 0 Å². The third kappa shape index (κ3) is 3.53. The summed E-state index contributed by atoms with van der Waals surface area (Å²) in [6.07, 6.45) is 0. The van der Waals surface area contributed by atoms with Crippen LogP contribution in [0.3, 0.4) is 0 Å². The first-order valence-corrected chi connectivity index (χ1v) is 6.84. The van der Waals surface area contributed by atoms with Gasteiger partial charge < -0.3 is 10.6 Å². The van der Waals surface area contributed by atoms with Crippen molar-refractivity contribution in [1.82, 2.24) is 4.90 Å². The van der Waals surface area contributed by atoms with E-state index in [0.717, 1.165) is 10.0 Å². The Kier molecular flexibility index (Phi) is 5.28.